The van der Waals surface area contributed by atoms with Crippen LogP contribution in [0.1, 0.15) is 4.28 Å². The number of rotatable bonds is 0. The number of hydrogen-bond donors (Lipinski definition) is 0. The van der Waals surface area contributed by atoms with E-state index in [0.717, 1.165) is 0 Å². The fourth-order valence-electron chi connectivity index (χ4n) is 0. The van der Waals surface area contributed by atoms with Crippen molar-refractivity contribution < 1.29 is 33.8 Å². The fraction of sp³-hybridized carbons (Fsp3) is 0. The molecule has 0 aromatic heterocycles. The minimum absolute atomic E-state index is 0. The molecule has 0 heterocycles. The molecular formula is H5BeCl2Na. The quantitative estimate of drug-likeness (QED) is 0.309. The monoisotopic (exact) mass is 107 g/mol. The summed E-state index contributed by atoms with van der Waals surface area (Å²) in [6.45, 7) is 0. The van der Waals surface area contributed by atoms with Crippen LogP contribution in [0, 0.1) is 0 Å². The van der Waals surface area contributed by atoms with Crippen LogP contribution < -0.4 is 29.6 Å². The predicted molar refractivity (Wildman–Crippen MR) is 23.6 cm³/mol. The van der Waals surface area contributed by atoms with E-state index in [0.29, 0.717) is 0 Å². The minimum atomic E-state index is 0. The minimum Gasteiger partial charge on any atom is -1.00 e. The molecule has 0 N–H and O–H groups in total. The molecule has 0 nitrogen and oxygen atoms in total. The summed E-state index contributed by atoms with van der Waals surface area (Å²) >= 11 is 0. The summed E-state index contributed by atoms with van der Waals surface area (Å²) in [4.78, 5) is 0. The van der Waals surface area contributed by atoms with E-state index in [1.807, 2.05) is 0 Å². The van der Waals surface area contributed by atoms with Gasteiger partial charge in [0.1, 0.15) is 0 Å². The van der Waals surface area contributed by atoms with Gasteiger partial charge in [0, 0.05) is 0 Å². The molecule has 0 aliphatic heterocycles. The van der Waals surface area contributed by atoms with Crippen LogP contribution in [0.5, 0.6) is 0 Å². The van der Waals surface area contributed by atoms with E-state index in [9.17, 15) is 0 Å². The van der Waals surface area contributed by atoms with Gasteiger partial charge in [-0.05, 0) is 0 Å². The third-order valence-electron chi connectivity index (χ3n) is 0. The van der Waals surface area contributed by atoms with Gasteiger partial charge in [-0.15, -0.1) is 24.8 Å². The maximum Gasteiger partial charge on any atom is 2.00 e. The second-order valence-corrected chi connectivity index (χ2v) is 0. The molecule has 0 unspecified atom stereocenters. The van der Waals surface area contributed by atoms with Crippen molar-refractivity contribution in [2.45, 2.75) is 0 Å². The van der Waals surface area contributed by atoms with Gasteiger partial charge in [-0.25, -0.2) is 0 Å². The molecule has 0 bridgehead atoms. The van der Waals surface area contributed by atoms with E-state index in [1.165, 1.54) is 0 Å². The van der Waals surface area contributed by atoms with E-state index in [1.54, 1.807) is 0 Å². The van der Waals surface area contributed by atoms with Gasteiger partial charge >= 0.3 is 39.7 Å². The van der Waals surface area contributed by atoms with Crippen molar-refractivity contribution in [3.8, 4) is 0 Å². The van der Waals surface area contributed by atoms with Crippen molar-refractivity contribution in [3.63, 3.8) is 0 Å². The number of halogens is 2. The summed E-state index contributed by atoms with van der Waals surface area (Å²) < 4.78 is 0. The third kappa shape index (κ3) is 9.26. The average Bonchev–Trinajstić information content (AvgIpc) is 0. The Morgan fingerprint density at radius 3 is 1.00 bits per heavy atom. The van der Waals surface area contributed by atoms with E-state index in [4.69, 9.17) is 0 Å². The van der Waals surface area contributed by atoms with Crippen molar-refractivity contribution in [1.82, 2.24) is 0 Å². The third-order valence-corrected chi connectivity index (χ3v) is 0. The molecule has 0 aromatic carbocycles. The summed E-state index contributed by atoms with van der Waals surface area (Å²) in [6.07, 6.45) is 0. The maximum absolute atomic E-state index is 0. The zero-order chi connectivity index (χ0) is 0. The molecule has 0 atom stereocenters. The van der Waals surface area contributed by atoms with Crippen LogP contribution in [-0.4, -0.2) is 10.1 Å². The van der Waals surface area contributed by atoms with Crippen molar-refractivity contribution in [2.75, 3.05) is 0 Å². The van der Waals surface area contributed by atoms with Gasteiger partial charge in [0.15, 0.2) is 0 Å². The summed E-state index contributed by atoms with van der Waals surface area (Å²) in [5, 5.41) is 0. The molecule has 0 aliphatic rings. The van der Waals surface area contributed by atoms with Crippen molar-refractivity contribution in [1.29, 1.82) is 0 Å². The SMILES string of the molecule is Cl.Cl.[Be+2].[H-].[H-].[H-].[Na+]. The molecule has 4 heavy (non-hydrogen) atoms. The Kier molecular flexibility index (Phi) is 231. The Labute approximate surface area is 68.5 Å². The van der Waals surface area contributed by atoms with Crippen LogP contribution in [0.25, 0.3) is 0 Å². The second-order valence-electron chi connectivity index (χ2n) is 0. The van der Waals surface area contributed by atoms with Crippen LogP contribution in [0.3, 0.4) is 0 Å². The molecule has 0 rings (SSSR count). The molecule has 0 radical (unpaired) electrons. The van der Waals surface area contributed by atoms with Crippen molar-refractivity contribution in [3.05, 3.63) is 0 Å². The summed E-state index contributed by atoms with van der Waals surface area (Å²) in [5.41, 5.74) is 0. The summed E-state index contributed by atoms with van der Waals surface area (Å²) in [7, 11) is 0. The molecular weight excluding hydrogens is 103 g/mol. The molecule has 22 valence electrons. The van der Waals surface area contributed by atoms with Gasteiger partial charge in [0.2, 0.25) is 0 Å². The first kappa shape index (κ1) is 42.4. The molecule has 0 amide bonds. The Hall–Kier alpha value is 1.75. The van der Waals surface area contributed by atoms with E-state index in [2.05, 4.69) is 0 Å². The molecule has 0 fully saturated rings. The fourth-order valence-corrected chi connectivity index (χ4v) is 0. The van der Waals surface area contributed by atoms with E-state index < -0.39 is 0 Å². The largest absolute Gasteiger partial charge is 2.00 e. The Bertz CT molecular complexity index is 12.9. The smallest absolute Gasteiger partial charge is 1.00 e. The first-order valence-electron chi connectivity index (χ1n) is 0. The Morgan fingerprint density at radius 2 is 1.00 bits per heavy atom. The molecule has 0 saturated carbocycles. The number of hydrogen-bond acceptors (Lipinski definition) is 0. The molecule has 0 aliphatic carbocycles. The Balaban J connectivity index is 0. The van der Waals surface area contributed by atoms with E-state index in [-0.39, 0.29) is 68.8 Å². The predicted octanol–water partition coefficient (Wildman–Crippen LogP) is -2.20. The zero-order valence-corrected chi connectivity index (χ0v) is 6.16. The van der Waals surface area contributed by atoms with Gasteiger partial charge in [0.25, 0.3) is 0 Å². The maximum atomic E-state index is 0. The van der Waals surface area contributed by atoms with Gasteiger partial charge in [-0.2, -0.15) is 0 Å². The van der Waals surface area contributed by atoms with Crippen LogP contribution in [0.15, 0.2) is 0 Å². The molecule has 0 saturated heterocycles. The van der Waals surface area contributed by atoms with Gasteiger partial charge < -0.3 is 4.28 Å². The molecule has 4 heteroatoms. The average molecular weight is 108 g/mol. The van der Waals surface area contributed by atoms with Crippen molar-refractivity contribution in [2.24, 2.45) is 0 Å². The van der Waals surface area contributed by atoms with Gasteiger partial charge in [-0.3, -0.25) is 0 Å². The second kappa shape index (κ2) is 21.8. The normalized spacial score (nSPS) is 0. The summed E-state index contributed by atoms with van der Waals surface area (Å²) in [5.74, 6) is 0. The van der Waals surface area contributed by atoms with Crippen LogP contribution in [0.4, 0.5) is 0 Å². The molecule has 0 spiro atoms. The first-order valence-corrected chi connectivity index (χ1v) is 0. The summed E-state index contributed by atoms with van der Waals surface area (Å²) in [6, 6.07) is 0. The molecule has 0 aromatic rings. The van der Waals surface area contributed by atoms with Crippen LogP contribution in [-0.2, 0) is 0 Å². The standard InChI is InChI=1S/Be.2ClH.Na.3H/h;2*1H;;;;/q+2;;;+1;3*-1. The van der Waals surface area contributed by atoms with Crippen LogP contribution >= 0.6 is 24.8 Å². The van der Waals surface area contributed by atoms with Gasteiger partial charge in [-0.1, -0.05) is 0 Å². The van der Waals surface area contributed by atoms with E-state index >= 15 is 0 Å². The van der Waals surface area contributed by atoms with Crippen molar-refractivity contribution >= 4 is 34.9 Å². The van der Waals surface area contributed by atoms with Crippen LogP contribution in [0.2, 0.25) is 0 Å². The topological polar surface area (TPSA) is 0 Å². The Morgan fingerprint density at radius 1 is 1.00 bits per heavy atom. The van der Waals surface area contributed by atoms with Gasteiger partial charge in [0.05, 0.1) is 0 Å². The zero-order valence-electron chi connectivity index (χ0n) is 5.52. The first-order chi connectivity index (χ1) is 0.